The molecule has 0 saturated carbocycles. The molecule has 0 aliphatic heterocycles. The molecule has 0 fully saturated rings. The minimum Gasteiger partial charge on any atom is -0.147 e. The van der Waals surface area contributed by atoms with Crippen LogP contribution in [0.3, 0.4) is 0 Å². The summed E-state index contributed by atoms with van der Waals surface area (Å²) in [5.74, 6) is 0. The van der Waals surface area contributed by atoms with Crippen LogP contribution in [0.1, 0.15) is 26.2 Å². The largest absolute Gasteiger partial charge is 0.147 e. The summed E-state index contributed by atoms with van der Waals surface area (Å²) in [6.07, 6.45) is 5.72. The van der Waals surface area contributed by atoms with Gasteiger partial charge in [-0.2, -0.15) is 0 Å². The average Bonchev–Trinajstić information content (AvgIpc) is 1.61. The van der Waals surface area contributed by atoms with E-state index in [4.69, 9.17) is 0 Å². The molecule has 0 atom stereocenters. The van der Waals surface area contributed by atoms with E-state index >= 15 is 0 Å². The number of hydrogen-bond donors (Lipinski definition) is 0. The Labute approximate surface area is 88.5 Å². The fourth-order valence-corrected chi connectivity index (χ4v) is 0.348. The molecule has 0 spiro atoms. The molecular formula is C6H16Cl4. The molecule has 0 N–H and O–H groups in total. The van der Waals surface area contributed by atoms with Gasteiger partial charge in [0.15, 0.2) is 0 Å². The van der Waals surface area contributed by atoms with Crippen LogP contribution in [0.25, 0.3) is 0 Å². The monoisotopic (exact) mass is 228 g/mol. The lowest BCUT2D eigenvalue weighted by atomic mass is 10.3. The van der Waals surface area contributed by atoms with Gasteiger partial charge in [0.25, 0.3) is 0 Å². The van der Waals surface area contributed by atoms with Crippen molar-refractivity contribution in [1.29, 1.82) is 0 Å². The Hall–Kier alpha value is 0.900. The fraction of sp³-hybridized carbons (Fsp3) is 0.667. The Bertz CT molecular complexity index is 38.7. The topological polar surface area (TPSA) is 0 Å². The highest BCUT2D eigenvalue weighted by Crippen LogP contribution is 1.91. The summed E-state index contributed by atoms with van der Waals surface area (Å²) in [7, 11) is 0. The van der Waals surface area contributed by atoms with E-state index < -0.39 is 0 Å². The molecule has 0 nitrogen and oxygen atoms in total. The third kappa shape index (κ3) is 36.5. The molecule has 0 amide bonds. The molecule has 0 radical (unpaired) electrons. The van der Waals surface area contributed by atoms with Gasteiger partial charge in [0, 0.05) is 0 Å². The van der Waals surface area contributed by atoms with Gasteiger partial charge in [-0.3, -0.25) is 0 Å². The Kier molecular flexibility index (Phi) is 100. The molecule has 4 heteroatoms. The Morgan fingerprint density at radius 1 is 1.10 bits per heavy atom. The first-order chi connectivity index (χ1) is 2.91. The highest BCUT2D eigenvalue weighted by molar-refractivity contribution is 5.86. The number of unbranched alkanes of at least 4 members (excludes halogenated alkanes) is 2. The number of rotatable bonds is 3. The molecular weight excluding hydrogens is 214 g/mol. The molecule has 0 saturated heterocycles. The van der Waals surface area contributed by atoms with E-state index in [-0.39, 0.29) is 49.6 Å². The van der Waals surface area contributed by atoms with E-state index in [2.05, 4.69) is 13.5 Å². The van der Waals surface area contributed by atoms with E-state index in [1.165, 1.54) is 19.3 Å². The maximum atomic E-state index is 3.60. The van der Waals surface area contributed by atoms with Gasteiger partial charge in [-0.05, 0) is 6.42 Å². The van der Waals surface area contributed by atoms with Crippen molar-refractivity contribution in [2.24, 2.45) is 0 Å². The van der Waals surface area contributed by atoms with Gasteiger partial charge < -0.3 is 0 Å². The molecule has 10 heavy (non-hydrogen) atoms. The van der Waals surface area contributed by atoms with Crippen LogP contribution in [0.4, 0.5) is 0 Å². The average molecular weight is 230 g/mol. The first-order valence-corrected chi connectivity index (χ1v) is 2.52. The minimum atomic E-state index is 0. The van der Waals surface area contributed by atoms with E-state index in [9.17, 15) is 0 Å². The second kappa shape index (κ2) is 32.7. The molecule has 0 heterocycles. The first kappa shape index (κ1) is 30.7. The van der Waals surface area contributed by atoms with Crippen LogP contribution >= 0.6 is 49.6 Å². The van der Waals surface area contributed by atoms with Gasteiger partial charge in [0.1, 0.15) is 0 Å². The summed E-state index contributed by atoms with van der Waals surface area (Å²) in [6.45, 7) is 5.78. The molecule has 0 unspecified atom stereocenters. The van der Waals surface area contributed by atoms with Gasteiger partial charge in [-0.25, -0.2) is 0 Å². The van der Waals surface area contributed by atoms with Crippen molar-refractivity contribution in [3.05, 3.63) is 12.7 Å². The summed E-state index contributed by atoms with van der Waals surface area (Å²) in [4.78, 5) is 0. The van der Waals surface area contributed by atoms with Crippen molar-refractivity contribution in [1.82, 2.24) is 0 Å². The lowest BCUT2D eigenvalue weighted by Gasteiger charge is -1.81. The van der Waals surface area contributed by atoms with E-state index in [0.717, 1.165) is 0 Å². The summed E-state index contributed by atoms with van der Waals surface area (Å²) in [6, 6.07) is 0. The predicted molar refractivity (Wildman–Crippen MR) is 58.7 cm³/mol. The molecule has 68 valence electrons. The fourth-order valence-electron chi connectivity index (χ4n) is 0.348. The maximum absolute atomic E-state index is 3.60. The van der Waals surface area contributed by atoms with Gasteiger partial charge in [0.2, 0.25) is 0 Å². The zero-order valence-electron chi connectivity index (χ0n) is 6.04. The predicted octanol–water partition coefficient (Wildman–Crippen LogP) is 4.05. The van der Waals surface area contributed by atoms with Crippen molar-refractivity contribution in [2.45, 2.75) is 26.2 Å². The summed E-state index contributed by atoms with van der Waals surface area (Å²) in [5.41, 5.74) is 0. The second-order valence-electron chi connectivity index (χ2n) is 1.43. The van der Waals surface area contributed by atoms with Crippen LogP contribution in [-0.4, -0.2) is 0 Å². The van der Waals surface area contributed by atoms with Crippen LogP contribution in [0.5, 0.6) is 0 Å². The third-order valence-electron chi connectivity index (χ3n) is 0.762. The van der Waals surface area contributed by atoms with Crippen LogP contribution < -0.4 is 0 Å². The van der Waals surface area contributed by atoms with Crippen LogP contribution in [0.15, 0.2) is 12.7 Å². The van der Waals surface area contributed by atoms with Gasteiger partial charge in [-0.15, -0.1) is 56.2 Å². The minimum absolute atomic E-state index is 0. The normalized spacial score (nSPS) is 4.90. The molecule has 0 aliphatic rings. The standard InChI is InChI=1S/C6H12.4ClH/c1-3-5-6-4-2;;;;/h3H,1,4-6H2,2H3;4*1H. The first-order valence-electron chi connectivity index (χ1n) is 2.52. The second-order valence-corrected chi connectivity index (χ2v) is 1.43. The lowest BCUT2D eigenvalue weighted by molar-refractivity contribution is 0.816. The van der Waals surface area contributed by atoms with Crippen molar-refractivity contribution < 1.29 is 0 Å². The Morgan fingerprint density at radius 2 is 1.50 bits per heavy atom. The van der Waals surface area contributed by atoms with Crippen molar-refractivity contribution in [3.63, 3.8) is 0 Å². The molecule has 0 aromatic carbocycles. The van der Waals surface area contributed by atoms with E-state index in [1.54, 1.807) is 0 Å². The number of halogens is 4. The van der Waals surface area contributed by atoms with Crippen molar-refractivity contribution >= 4 is 49.6 Å². The SMILES string of the molecule is C=CCCCC.Cl.Cl.Cl.Cl. The van der Waals surface area contributed by atoms with Crippen LogP contribution in [0, 0.1) is 0 Å². The molecule has 0 rings (SSSR count). The summed E-state index contributed by atoms with van der Waals surface area (Å²) in [5, 5.41) is 0. The summed E-state index contributed by atoms with van der Waals surface area (Å²) < 4.78 is 0. The van der Waals surface area contributed by atoms with Crippen molar-refractivity contribution in [3.8, 4) is 0 Å². The highest BCUT2D eigenvalue weighted by atomic mass is 35.5. The Morgan fingerprint density at radius 3 is 1.60 bits per heavy atom. The number of hydrogen-bond acceptors (Lipinski definition) is 0. The molecule has 0 aliphatic carbocycles. The van der Waals surface area contributed by atoms with E-state index in [0.29, 0.717) is 0 Å². The van der Waals surface area contributed by atoms with Gasteiger partial charge in [0.05, 0.1) is 0 Å². The zero-order chi connectivity index (χ0) is 4.83. The molecule has 0 aromatic rings. The third-order valence-corrected chi connectivity index (χ3v) is 0.762. The Balaban J connectivity index is -0.0000000208. The highest BCUT2D eigenvalue weighted by Gasteiger charge is 1.71. The summed E-state index contributed by atoms with van der Waals surface area (Å²) >= 11 is 0. The van der Waals surface area contributed by atoms with Gasteiger partial charge in [-0.1, -0.05) is 25.8 Å². The van der Waals surface area contributed by atoms with Gasteiger partial charge >= 0.3 is 0 Å². The van der Waals surface area contributed by atoms with Crippen molar-refractivity contribution in [2.75, 3.05) is 0 Å². The number of allylic oxidation sites excluding steroid dienone is 1. The quantitative estimate of drug-likeness (QED) is 0.506. The van der Waals surface area contributed by atoms with Crippen LogP contribution in [0.2, 0.25) is 0 Å². The van der Waals surface area contributed by atoms with Crippen LogP contribution in [-0.2, 0) is 0 Å². The smallest absolute Gasteiger partial charge is 0.0354 e. The molecule has 0 bridgehead atoms. The lowest BCUT2D eigenvalue weighted by Crippen LogP contribution is -1.61. The van der Waals surface area contributed by atoms with E-state index in [1.807, 2.05) is 6.08 Å². The molecule has 0 aromatic heterocycles. The zero-order valence-corrected chi connectivity index (χ0v) is 9.30. The maximum Gasteiger partial charge on any atom is -0.0354 e.